The van der Waals surface area contributed by atoms with Gasteiger partial charge in [0.25, 0.3) is 0 Å². The van der Waals surface area contributed by atoms with Gasteiger partial charge in [-0.25, -0.2) is 0 Å². The third kappa shape index (κ3) is 4.00. The van der Waals surface area contributed by atoms with Gasteiger partial charge >= 0.3 is 0 Å². The van der Waals surface area contributed by atoms with Crippen LogP contribution in [0.5, 0.6) is 0 Å². The zero-order valence-corrected chi connectivity index (χ0v) is 14.6. The molecule has 0 radical (unpaired) electrons. The molecule has 118 valence electrons. The second-order valence-corrected chi connectivity index (χ2v) is 7.25. The first-order valence-electron chi connectivity index (χ1n) is 8.12. The molecular weight excluding hydrogens is 280 g/mol. The summed E-state index contributed by atoms with van der Waals surface area (Å²) in [5.74, 6) is 0. The van der Waals surface area contributed by atoms with Crippen molar-refractivity contribution in [3.8, 4) is 0 Å². The SMILES string of the molecule is CNC(Cc1ccc(C)cc1Cl)C(C)(C)N1CCCCC1. The molecule has 1 aliphatic heterocycles. The van der Waals surface area contributed by atoms with Crippen LogP contribution in [0, 0.1) is 6.92 Å². The Labute approximate surface area is 134 Å². The fourth-order valence-electron chi connectivity index (χ4n) is 3.43. The molecule has 1 heterocycles. The van der Waals surface area contributed by atoms with Crippen LogP contribution < -0.4 is 5.32 Å². The van der Waals surface area contributed by atoms with Gasteiger partial charge in [-0.2, -0.15) is 0 Å². The van der Waals surface area contributed by atoms with E-state index < -0.39 is 0 Å². The highest BCUT2D eigenvalue weighted by atomic mass is 35.5. The molecule has 0 aromatic heterocycles. The van der Waals surface area contributed by atoms with Crippen molar-refractivity contribution in [2.45, 2.75) is 58.0 Å². The van der Waals surface area contributed by atoms with Gasteiger partial charge in [-0.15, -0.1) is 0 Å². The molecule has 1 saturated heterocycles. The summed E-state index contributed by atoms with van der Waals surface area (Å²) in [6.07, 6.45) is 5.00. The summed E-state index contributed by atoms with van der Waals surface area (Å²) in [5, 5.41) is 4.42. The molecule has 0 saturated carbocycles. The smallest absolute Gasteiger partial charge is 0.0441 e. The molecule has 2 nitrogen and oxygen atoms in total. The summed E-state index contributed by atoms with van der Waals surface area (Å²) in [6, 6.07) is 6.80. The Morgan fingerprint density at radius 1 is 1.24 bits per heavy atom. The van der Waals surface area contributed by atoms with Crippen LogP contribution >= 0.6 is 11.6 Å². The van der Waals surface area contributed by atoms with E-state index in [1.165, 1.54) is 43.5 Å². The van der Waals surface area contributed by atoms with Gasteiger partial charge in [-0.3, -0.25) is 4.90 Å². The average molecular weight is 309 g/mol. The van der Waals surface area contributed by atoms with Crippen molar-refractivity contribution in [1.82, 2.24) is 10.2 Å². The number of rotatable bonds is 5. The molecule has 1 aromatic carbocycles. The Morgan fingerprint density at radius 3 is 2.48 bits per heavy atom. The van der Waals surface area contributed by atoms with Crippen LogP contribution in [-0.2, 0) is 6.42 Å². The topological polar surface area (TPSA) is 15.3 Å². The first-order chi connectivity index (χ1) is 9.95. The van der Waals surface area contributed by atoms with Crippen LogP contribution in [0.2, 0.25) is 5.02 Å². The Morgan fingerprint density at radius 2 is 1.90 bits per heavy atom. The Kier molecular flexibility index (Phi) is 5.70. The number of halogens is 1. The molecule has 3 heteroatoms. The summed E-state index contributed by atoms with van der Waals surface area (Å²) < 4.78 is 0. The number of nitrogens with zero attached hydrogens (tertiary/aromatic N) is 1. The van der Waals surface area contributed by atoms with Crippen LogP contribution in [0.1, 0.15) is 44.2 Å². The number of hydrogen-bond acceptors (Lipinski definition) is 2. The van der Waals surface area contributed by atoms with Crippen molar-refractivity contribution in [3.05, 3.63) is 34.3 Å². The molecule has 1 aromatic rings. The average Bonchev–Trinajstić information content (AvgIpc) is 2.47. The van der Waals surface area contributed by atoms with Crippen molar-refractivity contribution in [1.29, 1.82) is 0 Å². The van der Waals surface area contributed by atoms with Crippen molar-refractivity contribution in [2.24, 2.45) is 0 Å². The summed E-state index contributed by atoms with van der Waals surface area (Å²) in [5.41, 5.74) is 2.61. The number of likely N-dealkylation sites (tertiary alicyclic amines) is 1. The molecule has 0 amide bonds. The van der Waals surface area contributed by atoms with E-state index in [1.54, 1.807) is 0 Å². The van der Waals surface area contributed by atoms with Gasteiger partial charge in [0.05, 0.1) is 0 Å². The van der Waals surface area contributed by atoms with Crippen molar-refractivity contribution >= 4 is 11.6 Å². The fraction of sp³-hybridized carbons (Fsp3) is 0.667. The van der Waals surface area contributed by atoms with Gasteiger partial charge in [0, 0.05) is 16.6 Å². The Balaban J connectivity index is 2.14. The van der Waals surface area contributed by atoms with Crippen LogP contribution in [0.4, 0.5) is 0 Å². The van der Waals surface area contributed by atoms with Crippen molar-refractivity contribution in [2.75, 3.05) is 20.1 Å². The Hall–Kier alpha value is -0.570. The first-order valence-corrected chi connectivity index (χ1v) is 8.50. The fourth-order valence-corrected chi connectivity index (χ4v) is 3.75. The highest BCUT2D eigenvalue weighted by Gasteiger charge is 2.35. The molecule has 21 heavy (non-hydrogen) atoms. The maximum absolute atomic E-state index is 6.43. The van der Waals surface area contributed by atoms with Gasteiger partial charge in [0.1, 0.15) is 0 Å². The van der Waals surface area contributed by atoms with Crippen LogP contribution in [0.15, 0.2) is 18.2 Å². The standard InChI is InChI=1S/C18H29ClN2/c1-14-8-9-15(16(19)12-14)13-17(20-4)18(2,3)21-10-6-5-7-11-21/h8-9,12,17,20H,5-7,10-11,13H2,1-4H3. The minimum Gasteiger partial charge on any atom is -0.315 e. The number of aryl methyl sites for hydroxylation is 1. The van der Waals surface area contributed by atoms with E-state index >= 15 is 0 Å². The lowest BCUT2D eigenvalue weighted by Crippen LogP contribution is -2.59. The lowest BCUT2D eigenvalue weighted by Gasteiger charge is -2.46. The van der Waals surface area contributed by atoms with Crippen LogP contribution in [0.3, 0.4) is 0 Å². The van der Waals surface area contributed by atoms with Gasteiger partial charge in [0.2, 0.25) is 0 Å². The maximum Gasteiger partial charge on any atom is 0.0441 e. The van der Waals surface area contributed by atoms with E-state index in [2.05, 4.69) is 56.2 Å². The quantitative estimate of drug-likeness (QED) is 0.883. The molecule has 1 atom stereocenters. The normalized spacial score (nSPS) is 18.7. The number of likely N-dealkylation sites (N-methyl/N-ethyl adjacent to an activating group) is 1. The number of piperidine rings is 1. The predicted octanol–water partition coefficient (Wildman–Crippen LogP) is 4.04. The third-order valence-electron chi connectivity index (χ3n) is 5.00. The highest BCUT2D eigenvalue weighted by Crippen LogP contribution is 2.28. The van der Waals surface area contributed by atoms with E-state index in [9.17, 15) is 0 Å². The van der Waals surface area contributed by atoms with Gasteiger partial charge < -0.3 is 5.32 Å². The molecule has 1 unspecified atom stereocenters. The van der Waals surface area contributed by atoms with Gasteiger partial charge in [-0.1, -0.05) is 30.2 Å². The maximum atomic E-state index is 6.43. The second-order valence-electron chi connectivity index (χ2n) is 6.84. The van der Waals surface area contributed by atoms with Crippen LogP contribution in [0.25, 0.3) is 0 Å². The lowest BCUT2D eigenvalue weighted by atomic mass is 9.86. The number of hydrogen-bond donors (Lipinski definition) is 1. The monoisotopic (exact) mass is 308 g/mol. The second kappa shape index (κ2) is 7.13. The van der Waals surface area contributed by atoms with E-state index in [-0.39, 0.29) is 5.54 Å². The van der Waals surface area contributed by atoms with Crippen molar-refractivity contribution < 1.29 is 0 Å². The molecule has 0 spiro atoms. The van der Waals surface area contributed by atoms with E-state index in [0.29, 0.717) is 6.04 Å². The van der Waals surface area contributed by atoms with Gasteiger partial charge in [0.15, 0.2) is 0 Å². The number of benzene rings is 1. The predicted molar refractivity (Wildman–Crippen MR) is 92.2 cm³/mol. The molecule has 2 rings (SSSR count). The lowest BCUT2D eigenvalue weighted by molar-refractivity contribution is 0.0635. The molecule has 0 bridgehead atoms. The zero-order valence-electron chi connectivity index (χ0n) is 13.9. The minimum absolute atomic E-state index is 0.142. The number of nitrogens with one attached hydrogen (secondary N) is 1. The van der Waals surface area contributed by atoms with Crippen LogP contribution in [-0.4, -0.2) is 36.6 Å². The Bertz CT molecular complexity index is 464. The first kappa shape index (κ1) is 16.8. The largest absolute Gasteiger partial charge is 0.315 e. The highest BCUT2D eigenvalue weighted by molar-refractivity contribution is 6.31. The van der Waals surface area contributed by atoms with E-state index in [0.717, 1.165) is 11.4 Å². The molecule has 1 aliphatic rings. The summed E-state index contributed by atoms with van der Waals surface area (Å²) in [4.78, 5) is 2.64. The van der Waals surface area contributed by atoms with Crippen molar-refractivity contribution in [3.63, 3.8) is 0 Å². The van der Waals surface area contributed by atoms with E-state index in [1.807, 2.05) is 0 Å². The van der Waals surface area contributed by atoms with E-state index in [4.69, 9.17) is 11.6 Å². The molecule has 1 N–H and O–H groups in total. The van der Waals surface area contributed by atoms with Gasteiger partial charge in [-0.05, 0) is 77.4 Å². The zero-order chi connectivity index (χ0) is 15.5. The molecular formula is C18H29ClN2. The summed E-state index contributed by atoms with van der Waals surface area (Å²) >= 11 is 6.43. The summed E-state index contributed by atoms with van der Waals surface area (Å²) in [7, 11) is 2.07. The molecule has 1 fully saturated rings. The molecule has 0 aliphatic carbocycles. The third-order valence-corrected chi connectivity index (χ3v) is 5.36. The minimum atomic E-state index is 0.142. The summed E-state index contributed by atoms with van der Waals surface area (Å²) in [6.45, 7) is 9.24.